The van der Waals surface area contributed by atoms with E-state index in [4.69, 9.17) is 4.42 Å². The lowest BCUT2D eigenvalue weighted by molar-refractivity contribution is -0.119. The predicted molar refractivity (Wildman–Crippen MR) is 93.0 cm³/mol. The van der Waals surface area contributed by atoms with Gasteiger partial charge in [0.1, 0.15) is 5.52 Å². The number of amides is 3. The van der Waals surface area contributed by atoms with Gasteiger partial charge in [-0.1, -0.05) is 12.1 Å². The van der Waals surface area contributed by atoms with Crippen LogP contribution in [0.3, 0.4) is 0 Å². The van der Waals surface area contributed by atoms with Gasteiger partial charge < -0.3 is 20.4 Å². The van der Waals surface area contributed by atoms with Crippen molar-refractivity contribution in [2.75, 3.05) is 11.9 Å². The van der Waals surface area contributed by atoms with Gasteiger partial charge in [0.05, 0.1) is 6.04 Å². The summed E-state index contributed by atoms with van der Waals surface area (Å²) in [6.07, 6.45) is 0.310. The largest absolute Gasteiger partial charge is 0.436 e. The SMILES string of the molecule is O=C1C[C@@H](NC(=O)Nc2ccc(-c3nc4ccccc4o3)cc2)CN1. The number of oxazole rings is 1. The van der Waals surface area contributed by atoms with Crippen LogP contribution in [0.25, 0.3) is 22.6 Å². The molecule has 7 nitrogen and oxygen atoms in total. The molecule has 3 N–H and O–H groups in total. The van der Waals surface area contributed by atoms with Crippen LogP contribution in [-0.2, 0) is 4.79 Å². The van der Waals surface area contributed by atoms with Gasteiger partial charge in [-0.05, 0) is 36.4 Å². The van der Waals surface area contributed by atoms with Crippen molar-refractivity contribution in [2.24, 2.45) is 0 Å². The molecule has 4 rings (SSSR count). The summed E-state index contributed by atoms with van der Waals surface area (Å²) in [6, 6.07) is 14.3. The van der Waals surface area contributed by atoms with Crippen molar-refractivity contribution in [1.82, 2.24) is 15.6 Å². The fourth-order valence-corrected chi connectivity index (χ4v) is 2.75. The van der Waals surface area contributed by atoms with E-state index in [9.17, 15) is 9.59 Å². The zero-order valence-electron chi connectivity index (χ0n) is 13.3. The van der Waals surface area contributed by atoms with Crippen LogP contribution in [0.5, 0.6) is 0 Å². The van der Waals surface area contributed by atoms with Crippen LogP contribution in [0.2, 0.25) is 0 Å². The van der Waals surface area contributed by atoms with E-state index >= 15 is 0 Å². The molecule has 2 heterocycles. The summed E-state index contributed by atoms with van der Waals surface area (Å²) in [7, 11) is 0. The monoisotopic (exact) mass is 336 g/mol. The fraction of sp³-hybridized carbons (Fsp3) is 0.167. The third-order valence-corrected chi connectivity index (χ3v) is 4.00. The molecule has 1 aromatic heterocycles. The Kier molecular flexibility index (Phi) is 3.81. The van der Waals surface area contributed by atoms with Gasteiger partial charge in [0, 0.05) is 24.2 Å². The fourth-order valence-electron chi connectivity index (χ4n) is 2.75. The van der Waals surface area contributed by atoms with Crippen molar-refractivity contribution in [2.45, 2.75) is 12.5 Å². The third-order valence-electron chi connectivity index (χ3n) is 4.00. The molecule has 3 aromatic rings. The highest BCUT2D eigenvalue weighted by molar-refractivity contribution is 5.90. The number of anilines is 1. The number of carbonyl (C=O) groups excluding carboxylic acids is 2. The lowest BCUT2D eigenvalue weighted by Gasteiger charge is -2.11. The normalized spacial score (nSPS) is 16.6. The van der Waals surface area contributed by atoms with E-state index in [0.717, 1.165) is 16.7 Å². The molecule has 0 spiro atoms. The molecule has 0 unspecified atom stereocenters. The summed E-state index contributed by atoms with van der Waals surface area (Å²) in [6.45, 7) is 0.461. The molecule has 0 aliphatic carbocycles. The van der Waals surface area contributed by atoms with Crippen LogP contribution in [-0.4, -0.2) is 29.5 Å². The van der Waals surface area contributed by atoms with Gasteiger partial charge in [0.2, 0.25) is 11.8 Å². The van der Waals surface area contributed by atoms with Crippen molar-refractivity contribution in [3.05, 3.63) is 48.5 Å². The summed E-state index contributed by atoms with van der Waals surface area (Å²) >= 11 is 0. The van der Waals surface area contributed by atoms with Crippen molar-refractivity contribution in [3.8, 4) is 11.5 Å². The average Bonchev–Trinajstić information content (AvgIpc) is 3.21. The highest BCUT2D eigenvalue weighted by Crippen LogP contribution is 2.25. The molecule has 1 aliphatic rings. The summed E-state index contributed by atoms with van der Waals surface area (Å²) < 4.78 is 5.72. The molecule has 7 heteroatoms. The van der Waals surface area contributed by atoms with Crippen molar-refractivity contribution >= 4 is 28.7 Å². The molecule has 1 aliphatic heterocycles. The maximum atomic E-state index is 12.0. The highest BCUT2D eigenvalue weighted by atomic mass is 16.3. The minimum atomic E-state index is -0.337. The number of benzene rings is 2. The Labute approximate surface area is 143 Å². The number of fused-ring (bicyclic) bond motifs is 1. The Bertz CT molecular complexity index is 900. The summed E-state index contributed by atoms with van der Waals surface area (Å²) in [5.74, 6) is 0.487. The molecule has 3 amide bonds. The predicted octanol–water partition coefficient (Wildman–Crippen LogP) is 2.50. The third kappa shape index (κ3) is 3.30. The average molecular weight is 336 g/mol. The molecule has 126 valence electrons. The lowest BCUT2D eigenvalue weighted by Crippen LogP contribution is -2.39. The van der Waals surface area contributed by atoms with Crippen LogP contribution < -0.4 is 16.0 Å². The van der Waals surface area contributed by atoms with Crippen molar-refractivity contribution in [3.63, 3.8) is 0 Å². The molecular formula is C18H16N4O3. The summed E-state index contributed by atoms with van der Waals surface area (Å²) in [5.41, 5.74) is 3.01. The number of aromatic nitrogens is 1. The Morgan fingerprint density at radius 3 is 2.68 bits per heavy atom. The smallest absolute Gasteiger partial charge is 0.319 e. The van der Waals surface area contributed by atoms with Gasteiger partial charge in [-0.25, -0.2) is 9.78 Å². The molecule has 0 radical (unpaired) electrons. The second-order valence-electron chi connectivity index (χ2n) is 5.87. The zero-order valence-corrected chi connectivity index (χ0v) is 13.3. The van der Waals surface area contributed by atoms with Crippen molar-refractivity contribution in [1.29, 1.82) is 0 Å². The van der Waals surface area contributed by atoms with Gasteiger partial charge >= 0.3 is 6.03 Å². The van der Waals surface area contributed by atoms with Gasteiger partial charge in [0.15, 0.2) is 5.58 Å². The molecule has 0 saturated carbocycles. The number of urea groups is 1. The van der Waals surface area contributed by atoms with E-state index in [1.807, 2.05) is 36.4 Å². The minimum absolute atomic E-state index is 0.0482. The van der Waals surface area contributed by atoms with Gasteiger partial charge in [0.25, 0.3) is 0 Å². The number of hydrogen-bond acceptors (Lipinski definition) is 4. The summed E-state index contributed by atoms with van der Waals surface area (Å²) in [5, 5.41) is 8.18. The van der Waals surface area contributed by atoms with E-state index in [1.165, 1.54) is 0 Å². The molecule has 0 bridgehead atoms. The number of nitrogens with zero attached hydrogens (tertiary/aromatic N) is 1. The van der Waals surface area contributed by atoms with Crippen LogP contribution in [0, 0.1) is 0 Å². The molecule has 2 aromatic carbocycles. The maximum Gasteiger partial charge on any atom is 0.319 e. The van der Waals surface area contributed by atoms with E-state index in [-0.39, 0.29) is 18.0 Å². The van der Waals surface area contributed by atoms with Gasteiger partial charge in [-0.15, -0.1) is 0 Å². The number of carbonyl (C=O) groups is 2. The van der Waals surface area contributed by atoms with E-state index in [0.29, 0.717) is 24.5 Å². The Balaban J connectivity index is 1.43. The second kappa shape index (κ2) is 6.27. The highest BCUT2D eigenvalue weighted by Gasteiger charge is 2.22. The van der Waals surface area contributed by atoms with Crippen LogP contribution in [0.4, 0.5) is 10.5 Å². The van der Waals surface area contributed by atoms with Crippen LogP contribution in [0.1, 0.15) is 6.42 Å². The first-order valence-corrected chi connectivity index (χ1v) is 7.97. The second-order valence-corrected chi connectivity index (χ2v) is 5.87. The first-order valence-electron chi connectivity index (χ1n) is 7.97. The topological polar surface area (TPSA) is 96.3 Å². The quantitative estimate of drug-likeness (QED) is 0.685. The van der Waals surface area contributed by atoms with Crippen LogP contribution >= 0.6 is 0 Å². The minimum Gasteiger partial charge on any atom is -0.436 e. The maximum absolute atomic E-state index is 12.0. The van der Waals surface area contributed by atoms with E-state index in [1.54, 1.807) is 12.1 Å². The number of para-hydroxylation sites is 2. The number of rotatable bonds is 3. The standard InChI is InChI=1S/C18H16N4O3/c23-16-9-13(10-19-16)21-18(24)20-12-7-5-11(6-8-12)17-22-14-3-1-2-4-15(14)25-17/h1-8,13H,9-10H2,(H,19,23)(H2,20,21,24)/t13-/m1/s1. The molecule has 1 atom stereocenters. The first kappa shape index (κ1) is 15.2. The lowest BCUT2D eigenvalue weighted by atomic mass is 10.2. The number of hydrogen-bond donors (Lipinski definition) is 3. The molecule has 1 fully saturated rings. The summed E-state index contributed by atoms with van der Waals surface area (Å²) in [4.78, 5) is 27.5. The Morgan fingerprint density at radius 1 is 1.16 bits per heavy atom. The van der Waals surface area contributed by atoms with Crippen LogP contribution in [0.15, 0.2) is 52.9 Å². The Hall–Kier alpha value is -3.35. The first-order chi connectivity index (χ1) is 12.2. The molecular weight excluding hydrogens is 320 g/mol. The zero-order chi connectivity index (χ0) is 17.2. The molecule has 25 heavy (non-hydrogen) atoms. The van der Waals surface area contributed by atoms with Gasteiger partial charge in [-0.2, -0.15) is 0 Å². The van der Waals surface area contributed by atoms with E-state index < -0.39 is 0 Å². The molecule has 1 saturated heterocycles. The van der Waals surface area contributed by atoms with Crippen molar-refractivity contribution < 1.29 is 14.0 Å². The van der Waals surface area contributed by atoms with Gasteiger partial charge in [-0.3, -0.25) is 4.79 Å². The Morgan fingerprint density at radius 2 is 1.96 bits per heavy atom. The number of nitrogens with one attached hydrogen (secondary N) is 3. The van der Waals surface area contributed by atoms with E-state index in [2.05, 4.69) is 20.9 Å².